The average molecular weight is 1870 g/mol. The van der Waals surface area contributed by atoms with Crippen LogP contribution in [-0.4, -0.2) is 259 Å². The molecular weight excluding hydrogens is 1750 g/mol. The van der Waals surface area contributed by atoms with Crippen molar-refractivity contribution in [3.05, 3.63) is 165 Å². The van der Waals surface area contributed by atoms with Crippen LogP contribution in [0.2, 0.25) is 5.02 Å². The van der Waals surface area contributed by atoms with E-state index in [2.05, 4.69) is 97.5 Å². The van der Waals surface area contributed by atoms with Gasteiger partial charge in [-0.1, -0.05) is 23.7 Å². The summed E-state index contributed by atoms with van der Waals surface area (Å²) < 4.78 is 54.2. The minimum absolute atomic E-state index is 0.0138. The summed E-state index contributed by atoms with van der Waals surface area (Å²) in [5.74, 6) is -3.76. The van der Waals surface area contributed by atoms with Crippen LogP contribution < -0.4 is 63.2 Å². The number of anilines is 5. The van der Waals surface area contributed by atoms with Gasteiger partial charge in [-0.25, -0.2) is 15.0 Å². The third-order valence-corrected chi connectivity index (χ3v) is 21.2. The number of hydrogen-bond acceptors (Lipinski definition) is 27. The summed E-state index contributed by atoms with van der Waals surface area (Å²) in [6.07, 6.45) is 8.49. The van der Waals surface area contributed by atoms with Gasteiger partial charge < -0.3 is 119 Å². The maximum Gasteiger partial charge on any atom is 0.306 e. The predicted octanol–water partition coefficient (Wildman–Crippen LogP) is 5.26. The number of aliphatic imine (C=N–C) groups is 1. The first-order valence-corrected chi connectivity index (χ1v) is 43.8. The van der Waals surface area contributed by atoms with E-state index >= 15 is 0 Å². The van der Waals surface area contributed by atoms with Crippen molar-refractivity contribution in [3.63, 3.8) is 0 Å². The van der Waals surface area contributed by atoms with E-state index in [0.29, 0.717) is 53.6 Å². The van der Waals surface area contributed by atoms with E-state index in [4.69, 9.17) is 54.5 Å². The van der Waals surface area contributed by atoms with Gasteiger partial charge >= 0.3 is 5.97 Å². The molecular formula is C87H112ClN23O20S. The minimum Gasteiger partial charge on any atom is -0.491 e. The van der Waals surface area contributed by atoms with Crippen LogP contribution in [0.4, 0.5) is 28.7 Å². The fourth-order valence-electron chi connectivity index (χ4n) is 13.2. The first-order chi connectivity index (χ1) is 63.2. The zero-order valence-corrected chi connectivity index (χ0v) is 77.0. The Morgan fingerprint density at radius 1 is 0.485 bits per heavy atom. The van der Waals surface area contributed by atoms with E-state index in [0.717, 1.165) is 32.3 Å². The molecule has 0 fully saturated rings. The SMILES string of the molecule is Cc1sc2c(c1C)C(c1ccc(Cl)cc1)=N[C@@H](CC(=O)Nc1ccc(OCCOCCOCCOCCNC(=O)[C@@H](CCC(=O)OC(C)(C)C)NC(=O)CCOCCOCCOCCNC(=O)CCNC(=O)c3nc(NC(=O)CCNC(=O)c4cc(NC(=O)c5nc(NC(=O)CCNC(=O)c6cc(NC(=O)c7nccn7C)cn6C)cn5C)cn4C)cn3C)cc1)c1nnc(C)n1-2. The summed E-state index contributed by atoms with van der Waals surface area (Å²) in [7, 11) is 7.99. The highest BCUT2D eigenvalue weighted by atomic mass is 35.5. The van der Waals surface area contributed by atoms with Gasteiger partial charge in [0.2, 0.25) is 47.1 Å². The third-order valence-electron chi connectivity index (χ3n) is 19.8. The molecule has 0 saturated carbocycles. The standard InChI is InChI=1S/C87H112ClN23O20S/c1-53-54(2)132-86-74(53)75(56-12-14-57(88)15-13-56)99-63(76-105-104-55(3)111(76)86)48-72(116)95-58-16-18-61(19-17-58)130-45-44-129-43-42-128-41-38-126-35-31-94-80(118)62(20-21-73(117)131-87(4,5)6)98-71(115)25-33-124-36-39-127-40-37-125-34-30-89-68(112)22-26-93-83(121)78-102-66(51-109(78)10)100-69(113)23-27-92-82(120)65-47-60(50-108(65)9)97-85(123)79-103-67(52-110(79)11)101-70(114)24-28-91-81(119)64-46-59(49-107(64)8)96-84(122)77-90-29-32-106(77)7/h12-19,29,32,46-47,49-52,62-63H,20-28,30-31,33-45,48H2,1-11H3,(H,89,112)(H,91,119)(H,92,120)(H,93,121)(H,94,118)(H,95,116)(H,96,122)(H,97,123)(H,98,115)(H,100,113)(H,101,114)/t62-,63+/m1/s1. The predicted molar refractivity (Wildman–Crippen MR) is 485 cm³/mol. The number of esters is 1. The molecule has 0 unspecified atom stereocenters. The fraction of sp³-hybridized carbons (Fsp3) is 0.448. The lowest BCUT2D eigenvalue weighted by molar-refractivity contribution is -0.155. The monoisotopic (exact) mass is 1870 g/mol. The van der Waals surface area contributed by atoms with Crippen molar-refractivity contribution in [2.24, 2.45) is 40.2 Å². The fourth-order valence-corrected chi connectivity index (χ4v) is 14.6. The molecule has 2 aromatic carbocycles. The van der Waals surface area contributed by atoms with Crippen LogP contribution in [0.1, 0.15) is 158 Å². The van der Waals surface area contributed by atoms with E-state index in [-0.39, 0.29) is 202 Å². The van der Waals surface area contributed by atoms with Gasteiger partial charge in [0.1, 0.15) is 52.3 Å². The molecule has 9 aromatic rings. The second kappa shape index (κ2) is 49.6. The summed E-state index contributed by atoms with van der Waals surface area (Å²) >= 11 is 7.91. The van der Waals surface area contributed by atoms with E-state index in [1.165, 1.54) is 55.2 Å². The molecule has 0 bridgehead atoms. The van der Waals surface area contributed by atoms with Gasteiger partial charge in [0.15, 0.2) is 23.3 Å². The molecule has 0 radical (unpaired) electrons. The highest BCUT2D eigenvalue weighted by molar-refractivity contribution is 7.15. The Morgan fingerprint density at radius 2 is 1.00 bits per heavy atom. The van der Waals surface area contributed by atoms with Crippen molar-refractivity contribution in [1.29, 1.82) is 0 Å². The van der Waals surface area contributed by atoms with Crippen LogP contribution in [0.5, 0.6) is 5.75 Å². The van der Waals surface area contributed by atoms with Crippen molar-refractivity contribution in [2.45, 2.75) is 104 Å². The molecule has 2 atom stereocenters. The Morgan fingerprint density at radius 3 is 1.55 bits per heavy atom. The summed E-state index contributed by atoms with van der Waals surface area (Å²) in [5, 5.41) is 40.1. The van der Waals surface area contributed by atoms with E-state index in [1.54, 1.807) is 109 Å². The van der Waals surface area contributed by atoms with Gasteiger partial charge in [0, 0.05) is 164 Å². The van der Waals surface area contributed by atoms with Crippen LogP contribution in [-0.2, 0) is 102 Å². The lowest BCUT2D eigenvalue weighted by Gasteiger charge is -2.21. The number of ether oxygens (including phenoxy) is 8. The third kappa shape index (κ3) is 30.9. The number of halogens is 1. The molecule has 43 nitrogen and oxygen atoms in total. The quantitative estimate of drug-likeness (QED) is 0.0171. The summed E-state index contributed by atoms with van der Waals surface area (Å²) in [4.78, 5) is 175. The van der Waals surface area contributed by atoms with Crippen molar-refractivity contribution in [3.8, 4) is 10.8 Å². The summed E-state index contributed by atoms with van der Waals surface area (Å²) in [6.45, 7) is 14.2. The van der Waals surface area contributed by atoms with Crippen LogP contribution in [0.25, 0.3) is 5.00 Å². The van der Waals surface area contributed by atoms with Crippen molar-refractivity contribution in [2.75, 3.05) is 145 Å². The number of carbonyl (C=O) groups excluding carboxylic acids is 12. The van der Waals surface area contributed by atoms with Gasteiger partial charge in [-0.15, -0.1) is 21.5 Å². The van der Waals surface area contributed by atoms with E-state index in [9.17, 15) is 57.5 Å². The maximum absolute atomic E-state index is 13.6. The number of nitrogens with one attached hydrogen (secondary N) is 11. The summed E-state index contributed by atoms with van der Waals surface area (Å²) in [5.41, 5.74) is 4.57. The molecule has 0 spiro atoms. The van der Waals surface area contributed by atoms with Gasteiger partial charge in [0.25, 0.3) is 29.5 Å². The second-order valence-corrected chi connectivity index (χ2v) is 32.9. The average Bonchev–Trinajstić information content (AvgIpc) is 1.59. The maximum atomic E-state index is 13.6. The molecule has 11 amide bonds. The number of rotatable bonds is 52. The zero-order valence-electron chi connectivity index (χ0n) is 75.4. The Balaban J connectivity index is 0.508. The Labute approximate surface area is 769 Å². The van der Waals surface area contributed by atoms with Gasteiger partial charge in [-0.3, -0.25) is 67.1 Å². The molecule has 8 heterocycles. The highest BCUT2D eigenvalue weighted by Gasteiger charge is 2.34. The molecule has 45 heteroatoms. The number of benzene rings is 2. The molecule has 10 rings (SSSR count). The number of nitrogens with zero attached hydrogens (tertiary/aromatic N) is 12. The van der Waals surface area contributed by atoms with Crippen molar-refractivity contribution < 1.29 is 95.4 Å². The van der Waals surface area contributed by atoms with E-state index < -0.39 is 76.8 Å². The number of aromatic nitrogens is 11. The number of amides is 11. The number of fused-ring (bicyclic) bond motifs is 3. The molecule has 708 valence electrons. The van der Waals surface area contributed by atoms with E-state index in [1.807, 2.05) is 35.8 Å². The van der Waals surface area contributed by atoms with Gasteiger partial charge in [-0.2, -0.15) is 0 Å². The number of imidazole rings is 3. The number of thiophene rings is 1. The first kappa shape index (κ1) is 101. The lowest BCUT2D eigenvalue weighted by atomic mass is 9.99. The summed E-state index contributed by atoms with van der Waals surface area (Å²) in [6, 6.07) is 15.8. The normalized spacial score (nSPS) is 12.4. The number of aryl methyl sites for hydroxylation is 7. The molecule has 11 N–H and O–H groups in total. The highest BCUT2D eigenvalue weighted by Crippen LogP contribution is 2.40. The Kier molecular flexibility index (Phi) is 37.9. The molecule has 7 aromatic heterocycles. The largest absolute Gasteiger partial charge is 0.491 e. The minimum atomic E-state index is -1.04. The smallest absolute Gasteiger partial charge is 0.306 e. The van der Waals surface area contributed by atoms with Crippen molar-refractivity contribution in [1.82, 2.24) is 84.5 Å². The molecule has 1 aliphatic rings. The number of carbonyl (C=O) groups is 12. The Bertz CT molecular complexity index is 5550. The van der Waals surface area contributed by atoms with Gasteiger partial charge in [0.05, 0.1) is 103 Å². The molecule has 1 aliphatic heterocycles. The zero-order chi connectivity index (χ0) is 95.0. The second-order valence-electron chi connectivity index (χ2n) is 31.3. The first-order valence-electron chi connectivity index (χ1n) is 42.6. The van der Waals surface area contributed by atoms with Gasteiger partial charge in [-0.05, 0) is 102 Å². The number of hydrogen-bond donors (Lipinski definition) is 11. The van der Waals surface area contributed by atoms with Crippen LogP contribution >= 0.6 is 22.9 Å². The van der Waals surface area contributed by atoms with Crippen LogP contribution in [0, 0.1) is 20.8 Å². The van der Waals surface area contributed by atoms with Crippen molar-refractivity contribution >= 4 is 128 Å². The van der Waals surface area contributed by atoms with Crippen LogP contribution in [0.15, 0.2) is 103 Å². The topological polar surface area (TPSA) is 517 Å². The molecule has 0 saturated heterocycles. The Hall–Kier alpha value is -13.4. The van der Waals surface area contributed by atoms with Crippen LogP contribution in [0.3, 0.4) is 0 Å². The molecule has 132 heavy (non-hydrogen) atoms. The molecule has 0 aliphatic carbocycles. The lowest BCUT2D eigenvalue weighted by Crippen LogP contribution is -2.48.